The number of rotatable bonds is 3. The molecule has 20 heavy (non-hydrogen) atoms. The fraction of sp³-hybridized carbons (Fsp3) is 0.467. The SMILES string of the molecule is CC1(C)NC(=O)C(C)(c2ccccc2)N(CCF)C1=O. The van der Waals surface area contributed by atoms with Gasteiger partial charge in [0.2, 0.25) is 5.91 Å². The first-order valence-corrected chi connectivity index (χ1v) is 6.60. The second-order valence-electron chi connectivity index (χ2n) is 5.66. The maximum Gasteiger partial charge on any atom is 0.251 e. The third kappa shape index (κ3) is 2.07. The molecule has 5 heteroatoms. The zero-order valence-corrected chi connectivity index (χ0v) is 11.9. The van der Waals surface area contributed by atoms with Gasteiger partial charge in [0, 0.05) is 0 Å². The lowest BCUT2D eigenvalue weighted by Crippen LogP contribution is -2.72. The third-order valence-corrected chi connectivity index (χ3v) is 3.83. The molecule has 0 aliphatic carbocycles. The van der Waals surface area contributed by atoms with Gasteiger partial charge in [0.05, 0.1) is 6.54 Å². The molecule has 1 N–H and O–H groups in total. The van der Waals surface area contributed by atoms with Crippen molar-refractivity contribution in [3.05, 3.63) is 35.9 Å². The van der Waals surface area contributed by atoms with E-state index < -0.39 is 17.8 Å². The van der Waals surface area contributed by atoms with Gasteiger partial charge in [-0.05, 0) is 26.3 Å². The lowest BCUT2D eigenvalue weighted by Gasteiger charge is -2.49. The number of nitrogens with one attached hydrogen (secondary N) is 1. The monoisotopic (exact) mass is 278 g/mol. The minimum absolute atomic E-state index is 0.0962. The van der Waals surface area contributed by atoms with Crippen LogP contribution < -0.4 is 5.32 Å². The molecular weight excluding hydrogens is 259 g/mol. The van der Waals surface area contributed by atoms with Gasteiger partial charge in [-0.3, -0.25) is 9.59 Å². The summed E-state index contributed by atoms with van der Waals surface area (Å²) in [6.45, 7) is 4.13. The molecule has 108 valence electrons. The van der Waals surface area contributed by atoms with Crippen LogP contribution in [0.2, 0.25) is 0 Å². The third-order valence-electron chi connectivity index (χ3n) is 3.83. The summed E-state index contributed by atoms with van der Waals surface area (Å²) in [5, 5.41) is 2.73. The molecule has 1 saturated heterocycles. The summed E-state index contributed by atoms with van der Waals surface area (Å²) in [7, 11) is 0. The van der Waals surface area contributed by atoms with E-state index in [0.29, 0.717) is 5.56 Å². The second kappa shape index (κ2) is 4.89. The van der Waals surface area contributed by atoms with Gasteiger partial charge in [-0.25, -0.2) is 4.39 Å². The zero-order valence-electron chi connectivity index (χ0n) is 11.9. The fourth-order valence-corrected chi connectivity index (χ4v) is 2.58. The van der Waals surface area contributed by atoms with Gasteiger partial charge < -0.3 is 10.2 Å². The first-order chi connectivity index (χ1) is 9.34. The smallest absolute Gasteiger partial charge is 0.251 e. The maximum absolute atomic E-state index is 12.9. The molecule has 1 aromatic rings. The van der Waals surface area contributed by atoms with E-state index in [0.717, 1.165) is 0 Å². The van der Waals surface area contributed by atoms with Crippen molar-refractivity contribution < 1.29 is 14.0 Å². The molecule has 1 unspecified atom stereocenters. The second-order valence-corrected chi connectivity index (χ2v) is 5.66. The zero-order chi connectivity index (χ0) is 15.0. The highest BCUT2D eigenvalue weighted by Crippen LogP contribution is 2.34. The number of carbonyl (C=O) groups excluding carboxylic acids is 2. The molecule has 4 nitrogen and oxygen atoms in total. The highest BCUT2D eigenvalue weighted by atomic mass is 19.1. The van der Waals surface area contributed by atoms with Gasteiger partial charge in [-0.15, -0.1) is 0 Å². The summed E-state index contributed by atoms with van der Waals surface area (Å²) in [5.41, 5.74) is -1.52. The normalized spacial score (nSPS) is 25.5. The molecule has 1 fully saturated rings. The Kier molecular flexibility index (Phi) is 3.54. The Morgan fingerprint density at radius 2 is 1.75 bits per heavy atom. The van der Waals surface area contributed by atoms with Crippen LogP contribution in [-0.4, -0.2) is 35.5 Å². The van der Waals surface area contributed by atoms with Crippen molar-refractivity contribution in [3.63, 3.8) is 0 Å². The van der Waals surface area contributed by atoms with E-state index >= 15 is 0 Å². The first-order valence-electron chi connectivity index (χ1n) is 6.60. The summed E-state index contributed by atoms with van der Waals surface area (Å²) in [6, 6.07) is 8.98. The Morgan fingerprint density at radius 1 is 1.15 bits per heavy atom. The molecule has 1 heterocycles. The van der Waals surface area contributed by atoms with Crippen molar-refractivity contribution in [2.75, 3.05) is 13.2 Å². The number of piperazine rings is 1. The molecule has 0 aromatic heterocycles. The molecule has 0 spiro atoms. The van der Waals surface area contributed by atoms with Gasteiger partial charge in [-0.2, -0.15) is 0 Å². The first kappa shape index (κ1) is 14.5. The molecule has 1 atom stereocenters. The highest BCUT2D eigenvalue weighted by Gasteiger charge is 2.53. The Morgan fingerprint density at radius 3 is 2.30 bits per heavy atom. The average molecular weight is 278 g/mol. The molecular formula is C15H19FN2O2. The minimum Gasteiger partial charge on any atom is -0.340 e. The molecule has 1 aromatic carbocycles. The molecule has 2 amide bonds. The van der Waals surface area contributed by atoms with Crippen LogP contribution in [0.3, 0.4) is 0 Å². The lowest BCUT2D eigenvalue weighted by atomic mass is 9.83. The molecule has 0 bridgehead atoms. The number of halogens is 1. The summed E-state index contributed by atoms with van der Waals surface area (Å²) < 4.78 is 12.9. The van der Waals surface area contributed by atoms with Gasteiger partial charge in [0.1, 0.15) is 17.8 Å². The van der Waals surface area contributed by atoms with Crippen molar-refractivity contribution in [2.24, 2.45) is 0 Å². The van der Waals surface area contributed by atoms with Crippen LogP contribution in [-0.2, 0) is 15.1 Å². The average Bonchev–Trinajstić information content (AvgIpc) is 2.42. The number of hydrogen-bond donors (Lipinski definition) is 1. The van der Waals surface area contributed by atoms with Crippen LogP contribution in [0, 0.1) is 0 Å². The molecule has 0 radical (unpaired) electrons. The fourth-order valence-electron chi connectivity index (χ4n) is 2.58. The molecule has 0 saturated carbocycles. The van der Waals surface area contributed by atoms with E-state index in [1.54, 1.807) is 45.0 Å². The highest BCUT2D eigenvalue weighted by molar-refractivity contribution is 6.02. The number of carbonyl (C=O) groups is 2. The summed E-state index contributed by atoms with van der Waals surface area (Å²) in [5.74, 6) is -0.567. The van der Waals surface area contributed by atoms with Crippen molar-refractivity contribution in [1.82, 2.24) is 10.2 Å². The Balaban J connectivity index is 2.54. The maximum atomic E-state index is 12.9. The van der Waals surface area contributed by atoms with Crippen molar-refractivity contribution >= 4 is 11.8 Å². The van der Waals surface area contributed by atoms with Crippen LogP contribution in [0.4, 0.5) is 4.39 Å². The van der Waals surface area contributed by atoms with Gasteiger partial charge in [0.15, 0.2) is 0 Å². The van der Waals surface area contributed by atoms with E-state index in [4.69, 9.17) is 0 Å². The predicted molar refractivity (Wildman–Crippen MR) is 73.7 cm³/mol. The topological polar surface area (TPSA) is 49.4 Å². The molecule has 1 aliphatic heterocycles. The van der Waals surface area contributed by atoms with E-state index in [1.807, 2.05) is 6.07 Å². The van der Waals surface area contributed by atoms with Crippen molar-refractivity contribution in [3.8, 4) is 0 Å². The van der Waals surface area contributed by atoms with Crippen LogP contribution in [0.25, 0.3) is 0 Å². The van der Waals surface area contributed by atoms with Crippen LogP contribution >= 0.6 is 0 Å². The number of hydrogen-bond acceptors (Lipinski definition) is 2. The molecule has 2 rings (SSSR count). The van der Waals surface area contributed by atoms with Gasteiger partial charge >= 0.3 is 0 Å². The van der Waals surface area contributed by atoms with Gasteiger partial charge in [-0.1, -0.05) is 30.3 Å². The van der Waals surface area contributed by atoms with Crippen molar-refractivity contribution in [1.29, 1.82) is 0 Å². The summed E-state index contributed by atoms with van der Waals surface area (Å²) in [4.78, 5) is 26.4. The van der Waals surface area contributed by atoms with Crippen molar-refractivity contribution in [2.45, 2.75) is 31.8 Å². The van der Waals surface area contributed by atoms with E-state index in [2.05, 4.69) is 5.32 Å². The van der Waals surface area contributed by atoms with Gasteiger partial charge in [0.25, 0.3) is 5.91 Å². The quantitative estimate of drug-likeness (QED) is 0.913. The Hall–Kier alpha value is -1.91. The Labute approximate surface area is 118 Å². The number of nitrogens with zero attached hydrogens (tertiary/aromatic N) is 1. The lowest BCUT2D eigenvalue weighted by molar-refractivity contribution is -0.161. The van der Waals surface area contributed by atoms with Crippen LogP contribution in [0.15, 0.2) is 30.3 Å². The number of alkyl halides is 1. The van der Waals surface area contributed by atoms with Crippen LogP contribution in [0.1, 0.15) is 26.3 Å². The largest absolute Gasteiger partial charge is 0.340 e. The predicted octanol–water partition coefficient (Wildman–Crippen LogP) is 1.61. The van der Waals surface area contributed by atoms with Crippen LogP contribution in [0.5, 0.6) is 0 Å². The summed E-state index contributed by atoms with van der Waals surface area (Å²) in [6.07, 6.45) is 0. The minimum atomic E-state index is -1.18. The Bertz CT molecular complexity index is 530. The summed E-state index contributed by atoms with van der Waals surface area (Å²) >= 11 is 0. The number of amides is 2. The standard InChI is InChI=1S/C15H19FN2O2/c1-14(2)13(20)18(10-9-16)15(3,12(19)17-14)11-7-5-4-6-8-11/h4-8H,9-10H2,1-3H3,(H,17,19). The van der Waals surface area contributed by atoms with E-state index in [1.165, 1.54) is 4.90 Å². The number of benzene rings is 1. The van der Waals surface area contributed by atoms with E-state index in [9.17, 15) is 14.0 Å². The van der Waals surface area contributed by atoms with E-state index in [-0.39, 0.29) is 18.4 Å². The molecule has 1 aliphatic rings.